The van der Waals surface area contributed by atoms with Crippen molar-refractivity contribution < 1.29 is 8.42 Å². The Morgan fingerprint density at radius 3 is 2.63 bits per heavy atom. The summed E-state index contributed by atoms with van der Waals surface area (Å²) in [5.74, 6) is 0. The zero-order valence-corrected chi connectivity index (χ0v) is 13.4. The van der Waals surface area contributed by atoms with Gasteiger partial charge in [-0.15, -0.1) is 11.3 Å². The van der Waals surface area contributed by atoms with E-state index in [9.17, 15) is 8.42 Å². The van der Waals surface area contributed by atoms with E-state index in [1.165, 1.54) is 8.61 Å². The Labute approximate surface area is 120 Å². The van der Waals surface area contributed by atoms with Crippen molar-refractivity contribution in [1.82, 2.24) is 13.9 Å². The molecule has 0 aliphatic rings. The molecule has 0 fully saturated rings. The molecule has 0 saturated carbocycles. The number of hydrogen-bond donors (Lipinski definition) is 1. The quantitative estimate of drug-likeness (QED) is 0.701. The topological polar surface area (TPSA) is 52.7 Å². The number of thiophene rings is 1. The third-order valence-electron chi connectivity index (χ3n) is 2.82. The van der Waals surface area contributed by atoms with E-state index >= 15 is 0 Å². The van der Waals surface area contributed by atoms with Crippen LogP contribution >= 0.6 is 11.3 Å². The van der Waals surface area contributed by atoms with E-state index in [-0.39, 0.29) is 0 Å². The Hall–Kier alpha value is -0.470. The minimum absolute atomic E-state index is 0.428. The molecule has 0 unspecified atom stereocenters. The normalized spacial score (nSPS) is 12.5. The van der Waals surface area contributed by atoms with Crippen molar-refractivity contribution in [1.29, 1.82) is 0 Å². The van der Waals surface area contributed by atoms with Gasteiger partial charge in [0.1, 0.15) is 0 Å². The molecule has 0 atom stereocenters. The van der Waals surface area contributed by atoms with E-state index in [1.54, 1.807) is 25.4 Å². The van der Waals surface area contributed by atoms with E-state index in [1.807, 2.05) is 24.4 Å². The Bertz CT molecular complexity index is 446. The van der Waals surface area contributed by atoms with Crippen LogP contribution in [0.25, 0.3) is 0 Å². The van der Waals surface area contributed by atoms with Gasteiger partial charge in [-0.1, -0.05) is 13.0 Å². The van der Waals surface area contributed by atoms with Crippen molar-refractivity contribution in [3.8, 4) is 0 Å². The number of nitrogens with zero attached hydrogens (tertiary/aromatic N) is 2. The minimum Gasteiger partial charge on any atom is -0.317 e. The largest absolute Gasteiger partial charge is 0.317 e. The zero-order chi connectivity index (χ0) is 14.3. The molecule has 1 aromatic rings. The fourth-order valence-electron chi connectivity index (χ4n) is 1.66. The molecule has 0 aromatic carbocycles. The monoisotopic (exact) mass is 305 g/mol. The van der Waals surface area contributed by atoms with Crippen molar-refractivity contribution in [2.24, 2.45) is 0 Å². The van der Waals surface area contributed by atoms with Gasteiger partial charge in [-0.05, 0) is 31.0 Å². The van der Waals surface area contributed by atoms with Gasteiger partial charge in [0.15, 0.2) is 0 Å². The van der Waals surface area contributed by atoms with Crippen LogP contribution in [0.5, 0.6) is 0 Å². The predicted molar refractivity (Wildman–Crippen MR) is 80.5 cm³/mol. The molecule has 0 spiro atoms. The van der Waals surface area contributed by atoms with E-state index in [0.29, 0.717) is 13.1 Å². The molecule has 0 amide bonds. The van der Waals surface area contributed by atoms with Crippen molar-refractivity contribution in [2.45, 2.75) is 19.9 Å². The summed E-state index contributed by atoms with van der Waals surface area (Å²) in [5.41, 5.74) is 0. The van der Waals surface area contributed by atoms with E-state index < -0.39 is 10.2 Å². The van der Waals surface area contributed by atoms with Gasteiger partial charge in [-0.2, -0.15) is 17.0 Å². The lowest BCUT2D eigenvalue weighted by Crippen LogP contribution is -2.40. The summed E-state index contributed by atoms with van der Waals surface area (Å²) in [6, 6.07) is 3.88. The molecule has 1 rings (SSSR count). The lowest BCUT2D eigenvalue weighted by Gasteiger charge is -2.24. The third kappa shape index (κ3) is 5.19. The molecule has 7 heteroatoms. The molecule has 0 radical (unpaired) electrons. The fraction of sp³-hybridized carbons (Fsp3) is 0.667. The van der Waals surface area contributed by atoms with Gasteiger partial charge in [-0.25, -0.2) is 0 Å². The van der Waals surface area contributed by atoms with E-state index in [2.05, 4.69) is 5.32 Å². The zero-order valence-electron chi connectivity index (χ0n) is 11.8. The molecule has 0 aliphatic heterocycles. The highest BCUT2D eigenvalue weighted by Crippen LogP contribution is 2.14. The van der Waals surface area contributed by atoms with Gasteiger partial charge in [0.05, 0.1) is 0 Å². The number of hydrogen-bond acceptors (Lipinski definition) is 4. The van der Waals surface area contributed by atoms with Gasteiger partial charge in [0, 0.05) is 32.1 Å². The Balaban J connectivity index is 2.48. The van der Waals surface area contributed by atoms with Gasteiger partial charge < -0.3 is 5.32 Å². The maximum Gasteiger partial charge on any atom is 0.281 e. The van der Waals surface area contributed by atoms with Crippen molar-refractivity contribution in [3.63, 3.8) is 0 Å². The number of nitrogens with one attached hydrogen (secondary N) is 1. The first-order valence-corrected chi connectivity index (χ1v) is 8.66. The van der Waals surface area contributed by atoms with Gasteiger partial charge in [0.25, 0.3) is 10.2 Å². The summed E-state index contributed by atoms with van der Waals surface area (Å²) in [5, 5.41) is 5.14. The second-order valence-corrected chi connectivity index (χ2v) is 7.55. The van der Waals surface area contributed by atoms with Crippen LogP contribution < -0.4 is 5.32 Å². The Kier molecular flexibility index (Phi) is 6.95. The molecule has 1 heterocycles. The van der Waals surface area contributed by atoms with Gasteiger partial charge in [-0.3, -0.25) is 0 Å². The second kappa shape index (κ2) is 7.96. The van der Waals surface area contributed by atoms with Crippen LogP contribution in [-0.2, 0) is 16.8 Å². The molecule has 1 N–H and O–H groups in total. The maximum absolute atomic E-state index is 12.3. The molecule has 0 saturated heterocycles. The lowest BCUT2D eigenvalue weighted by atomic mass is 10.4. The van der Waals surface area contributed by atoms with Crippen LogP contribution in [0.2, 0.25) is 0 Å². The molecule has 19 heavy (non-hydrogen) atoms. The van der Waals surface area contributed by atoms with Gasteiger partial charge >= 0.3 is 0 Å². The van der Waals surface area contributed by atoms with Crippen LogP contribution in [0, 0.1) is 0 Å². The summed E-state index contributed by atoms with van der Waals surface area (Å²) < 4.78 is 27.3. The van der Waals surface area contributed by atoms with E-state index in [4.69, 9.17) is 0 Å². The first-order chi connectivity index (χ1) is 8.98. The molecular weight excluding hydrogens is 282 g/mol. The Morgan fingerprint density at radius 1 is 1.32 bits per heavy atom. The van der Waals surface area contributed by atoms with Crippen LogP contribution in [0.15, 0.2) is 17.5 Å². The standard InChI is InChI=1S/C12H23N3O2S2/c1-4-13-8-6-9-14(2)19(16,17)15(3)11-12-7-5-10-18-12/h5,7,10,13H,4,6,8-9,11H2,1-3H3. The summed E-state index contributed by atoms with van der Waals surface area (Å²) in [4.78, 5) is 1.05. The molecule has 0 aliphatic carbocycles. The first kappa shape index (κ1) is 16.6. The molecule has 0 bridgehead atoms. The van der Waals surface area contributed by atoms with Crippen LogP contribution in [0.4, 0.5) is 0 Å². The SMILES string of the molecule is CCNCCCN(C)S(=O)(=O)N(C)Cc1cccs1. The Morgan fingerprint density at radius 2 is 2.05 bits per heavy atom. The van der Waals surface area contributed by atoms with Crippen LogP contribution in [0.3, 0.4) is 0 Å². The highest BCUT2D eigenvalue weighted by Gasteiger charge is 2.23. The smallest absolute Gasteiger partial charge is 0.281 e. The predicted octanol–water partition coefficient (Wildman–Crippen LogP) is 1.36. The molecular formula is C12H23N3O2S2. The van der Waals surface area contributed by atoms with Crippen molar-refractivity contribution >= 4 is 21.5 Å². The summed E-state index contributed by atoms with van der Waals surface area (Å²) in [6.07, 6.45) is 0.816. The highest BCUT2D eigenvalue weighted by molar-refractivity contribution is 7.86. The van der Waals surface area contributed by atoms with Crippen molar-refractivity contribution in [2.75, 3.05) is 33.7 Å². The average molecular weight is 305 g/mol. The molecule has 5 nitrogen and oxygen atoms in total. The maximum atomic E-state index is 12.3. The lowest BCUT2D eigenvalue weighted by molar-refractivity contribution is 0.385. The number of rotatable bonds is 9. The molecule has 1 aromatic heterocycles. The first-order valence-electron chi connectivity index (χ1n) is 6.39. The fourth-order valence-corrected chi connectivity index (χ4v) is 3.64. The second-order valence-electron chi connectivity index (χ2n) is 4.37. The summed E-state index contributed by atoms with van der Waals surface area (Å²) >= 11 is 1.57. The highest BCUT2D eigenvalue weighted by atomic mass is 32.2. The molecule has 110 valence electrons. The average Bonchev–Trinajstić information content (AvgIpc) is 2.87. The third-order valence-corrected chi connectivity index (χ3v) is 5.57. The van der Waals surface area contributed by atoms with E-state index in [0.717, 1.165) is 24.4 Å². The van der Waals surface area contributed by atoms with Crippen LogP contribution in [0.1, 0.15) is 18.2 Å². The summed E-state index contributed by atoms with van der Waals surface area (Å²) in [7, 11) is -0.105. The van der Waals surface area contributed by atoms with Gasteiger partial charge in [0.2, 0.25) is 0 Å². The van der Waals surface area contributed by atoms with Crippen LogP contribution in [-0.4, -0.2) is 50.8 Å². The minimum atomic E-state index is -3.36. The summed E-state index contributed by atoms with van der Waals surface area (Å²) in [6.45, 7) is 4.75. The van der Waals surface area contributed by atoms with Crippen molar-refractivity contribution in [3.05, 3.63) is 22.4 Å².